The first-order valence-corrected chi connectivity index (χ1v) is 8.92. The lowest BCUT2D eigenvalue weighted by Crippen LogP contribution is -2.48. The highest BCUT2D eigenvalue weighted by molar-refractivity contribution is 8.00. The van der Waals surface area contributed by atoms with Gasteiger partial charge in [-0.25, -0.2) is 0 Å². The summed E-state index contributed by atoms with van der Waals surface area (Å²) in [6.07, 6.45) is 1.04. The number of aliphatic hydroxyl groups excluding tert-OH is 1. The predicted octanol–water partition coefficient (Wildman–Crippen LogP) is 2.36. The van der Waals surface area contributed by atoms with Crippen molar-refractivity contribution in [2.24, 2.45) is 0 Å². The molecule has 5 heteroatoms. The van der Waals surface area contributed by atoms with E-state index in [9.17, 15) is 9.90 Å². The summed E-state index contributed by atoms with van der Waals surface area (Å²) in [5, 5.41) is 10.9. The molecule has 0 bridgehead atoms. The molecule has 1 fully saturated rings. The lowest BCUT2D eigenvalue weighted by Gasteiger charge is -2.41. The number of rotatable bonds is 4. The molecule has 1 N–H and O–H groups in total. The van der Waals surface area contributed by atoms with E-state index in [0.717, 1.165) is 13.0 Å². The van der Waals surface area contributed by atoms with Crippen molar-refractivity contribution in [2.75, 3.05) is 24.5 Å². The highest BCUT2D eigenvalue weighted by Gasteiger charge is 2.31. The lowest BCUT2D eigenvalue weighted by atomic mass is 10.1. The Bertz CT molecular complexity index is 551. The van der Waals surface area contributed by atoms with E-state index in [-0.39, 0.29) is 5.91 Å². The summed E-state index contributed by atoms with van der Waals surface area (Å²) in [7, 11) is 0. The first kappa shape index (κ1) is 15.7. The molecular weight excluding hydrogens is 296 g/mol. The van der Waals surface area contributed by atoms with Crippen LogP contribution in [0.4, 0.5) is 5.69 Å². The monoisotopic (exact) mass is 320 g/mol. The second-order valence-corrected chi connectivity index (χ2v) is 7.70. The molecule has 22 heavy (non-hydrogen) atoms. The Labute approximate surface area is 136 Å². The third-order valence-electron chi connectivity index (χ3n) is 4.67. The molecule has 3 unspecified atom stereocenters. The van der Waals surface area contributed by atoms with Crippen LogP contribution in [0.25, 0.3) is 0 Å². The van der Waals surface area contributed by atoms with Crippen molar-refractivity contribution < 1.29 is 9.90 Å². The maximum Gasteiger partial charge on any atom is 0.222 e. The van der Waals surface area contributed by atoms with Gasteiger partial charge in [-0.15, -0.1) is 11.8 Å². The summed E-state index contributed by atoms with van der Waals surface area (Å²) in [6.45, 7) is 6.25. The van der Waals surface area contributed by atoms with Crippen LogP contribution in [0.2, 0.25) is 0 Å². The number of fused-ring (bicyclic) bond motifs is 1. The number of amides is 1. The predicted molar refractivity (Wildman–Crippen MR) is 90.4 cm³/mol. The quantitative estimate of drug-likeness (QED) is 0.925. The average molecular weight is 320 g/mol. The molecule has 0 saturated carbocycles. The SMILES string of the molecule is CC1Sc2ccccc2N(CC(O)CN2CCCC2=O)C1C. The summed E-state index contributed by atoms with van der Waals surface area (Å²) in [5.41, 5.74) is 1.20. The van der Waals surface area contributed by atoms with E-state index in [0.29, 0.717) is 30.8 Å². The van der Waals surface area contributed by atoms with Gasteiger partial charge < -0.3 is 14.9 Å². The fourth-order valence-corrected chi connectivity index (χ4v) is 4.47. The number of carbonyl (C=O) groups excluding carboxylic acids is 1. The summed E-state index contributed by atoms with van der Waals surface area (Å²) in [6, 6.07) is 8.74. The molecule has 2 aliphatic rings. The summed E-state index contributed by atoms with van der Waals surface area (Å²) < 4.78 is 0. The van der Waals surface area contributed by atoms with Gasteiger partial charge in [-0.1, -0.05) is 19.1 Å². The number of carbonyl (C=O) groups is 1. The maximum atomic E-state index is 11.7. The number of benzene rings is 1. The van der Waals surface area contributed by atoms with Crippen LogP contribution in [-0.2, 0) is 4.79 Å². The van der Waals surface area contributed by atoms with Crippen molar-refractivity contribution in [2.45, 2.75) is 49.0 Å². The number of hydrogen-bond donors (Lipinski definition) is 1. The maximum absolute atomic E-state index is 11.7. The Morgan fingerprint density at radius 3 is 2.82 bits per heavy atom. The van der Waals surface area contributed by atoms with Crippen LogP contribution in [0, 0.1) is 0 Å². The molecule has 120 valence electrons. The van der Waals surface area contributed by atoms with Gasteiger partial charge in [-0.3, -0.25) is 4.79 Å². The molecular formula is C17H24N2O2S. The van der Waals surface area contributed by atoms with E-state index in [2.05, 4.69) is 36.9 Å². The highest BCUT2D eigenvalue weighted by Crippen LogP contribution is 2.41. The fourth-order valence-electron chi connectivity index (χ4n) is 3.27. The van der Waals surface area contributed by atoms with E-state index < -0.39 is 6.10 Å². The molecule has 0 radical (unpaired) electrons. The molecule has 1 aromatic carbocycles. The minimum Gasteiger partial charge on any atom is -0.389 e. The standard InChI is InChI=1S/C17H24N2O2S/c1-12-13(2)22-16-7-4-3-6-15(16)19(12)11-14(20)10-18-9-5-8-17(18)21/h3-4,6-7,12-14,20H,5,8-11H2,1-2H3. The third-order valence-corrected chi connectivity index (χ3v) is 6.03. The number of aliphatic hydroxyl groups is 1. The van der Waals surface area contributed by atoms with Gasteiger partial charge in [0, 0.05) is 42.2 Å². The van der Waals surface area contributed by atoms with Crippen LogP contribution in [0.1, 0.15) is 26.7 Å². The second kappa shape index (κ2) is 6.50. The molecule has 2 aliphatic heterocycles. The molecule has 1 aromatic rings. The van der Waals surface area contributed by atoms with E-state index >= 15 is 0 Å². The second-order valence-electron chi connectivity index (χ2n) is 6.28. The number of thioether (sulfide) groups is 1. The van der Waals surface area contributed by atoms with Gasteiger partial charge in [-0.2, -0.15) is 0 Å². The van der Waals surface area contributed by atoms with Gasteiger partial charge in [-0.05, 0) is 25.5 Å². The first-order chi connectivity index (χ1) is 10.6. The number of nitrogens with zero attached hydrogens (tertiary/aromatic N) is 2. The topological polar surface area (TPSA) is 43.8 Å². The Morgan fingerprint density at radius 1 is 1.32 bits per heavy atom. The van der Waals surface area contributed by atoms with Crippen LogP contribution >= 0.6 is 11.8 Å². The Kier molecular flexibility index (Phi) is 4.64. The average Bonchev–Trinajstić information content (AvgIpc) is 2.89. The largest absolute Gasteiger partial charge is 0.389 e. The van der Waals surface area contributed by atoms with Gasteiger partial charge in [0.05, 0.1) is 11.8 Å². The minimum absolute atomic E-state index is 0.176. The third kappa shape index (κ3) is 3.10. The fraction of sp³-hybridized carbons (Fsp3) is 0.588. The van der Waals surface area contributed by atoms with Gasteiger partial charge >= 0.3 is 0 Å². The van der Waals surface area contributed by atoms with Crippen molar-refractivity contribution in [1.29, 1.82) is 0 Å². The summed E-state index contributed by atoms with van der Waals surface area (Å²) in [4.78, 5) is 17.1. The van der Waals surface area contributed by atoms with Crippen molar-refractivity contribution in [3.05, 3.63) is 24.3 Å². The Hall–Kier alpha value is -1.20. The van der Waals surface area contributed by atoms with E-state index in [1.165, 1.54) is 10.6 Å². The van der Waals surface area contributed by atoms with E-state index in [1.54, 1.807) is 4.90 Å². The molecule has 0 aliphatic carbocycles. The molecule has 1 amide bonds. The zero-order valence-corrected chi connectivity index (χ0v) is 14.1. The van der Waals surface area contributed by atoms with Crippen LogP contribution in [0.15, 0.2) is 29.2 Å². The number of β-amino-alcohol motifs (C(OH)–C–C–N with tert-alkyl or cyclic N) is 1. The van der Waals surface area contributed by atoms with Crippen molar-refractivity contribution in [3.63, 3.8) is 0 Å². The van der Waals surface area contributed by atoms with Crippen molar-refractivity contribution in [3.8, 4) is 0 Å². The van der Waals surface area contributed by atoms with E-state index in [4.69, 9.17) is 0 Å². The first-order valence-electron chi connectivity index (χ1n) is 8.04. The van der Waals surface area contributed by atoms with Crippen LogP contribution < -0.4 is 4.90 Å². The normalized spacial score (nSPS) is 26.2. The van der Waals surface area contributed by atoms with Gasteiger partial charge in [0.15, 0.2) is 0 Å². The lowest BCUT2D eigenvalue weighted by molar-refractivity contribution is -0.128. The van der Waals surface area contributed by atoms with Crippen molar-refractivity contribution >= 4 is 23.4 Å². The van der Waals surface area contributed by atoms with E-state index in [1.807, 2.05) is 17.8 Å². The number of anilines is 1. The molecule has 3 atom stereocenters. The zero-order chi connectivity index (χ0) is 15.7. The molecule has 0 aromatic heterocycles. The number of hydrogen-bond acceptors (Lipinski definition) is 4. The number of likely N-dealkylation sites (tertiary alicyclic amines) is 1. The van der Waals surface area contributed by atoms with Crippen LogP contribution in [-0.4, -0.2) is 52.9 Å². The van der Waals surface area contributed by atoms with Crippen LogP contribution in [0.3, 0.4) is 0 Å². The van der Waals surface area contributed by atoms with Gasteiger partial charge in [0.2, 0.25) is 5.91 Å². The minimum atomic E-state index is -0.507. The highest BCUT2D eigenvalue weighted by atomic mass is 32.2. The molecule has 3 rings (SSSR count). The molecule has 4 nitrogen and oxygen atoms in total. The van der Waals surface area contributed by atoms with Crippen molar-refractivity contribution in [1.82, 2.24) is 4.90 Å². The van der Waals surface area contributed by atoms with Gasteiger partial charge in [0.25, 0.3) is 0 Å². The summed E-state index contributed by atoms with van der Waals surface area (Å²) in [5.74, 6) is 0.176. The number of para-hydroxylation sites is 1. The molecule has 1 saturated heterocycles. The summed E-state index contributed by atoms with van der Waals surface area (Å²) >= 11 is 1.90. The Balaban J connectivity index is 1.71. The molecule has 2 heterocycles. The molecule has 0 spiro atoms. The smallest absolute Gasteiger partial charge is 0.222 e. The van der Waals surface area contributed by atoms with Crippen LogP contribution in [0.5, 0.6) is 0 Å². The van der Waals surface area contributed by atoms with Gasteiger partial charge in [0.1, 0.15) is 0 Å². The zero-order valence-electron chi connectivity index (χ0n) is 13.2. The Morgan fingerprint density at radius 2 is 2.09 bits per heavy atom.